The lowest BCUT2D eigenvalue weighted by molar-refractivity contribution is -0.138. The Balaban J connectivity index is 2.04. The average Bonchev–Trinajstić information content (AvgIpc) is 2.47. The van der Waals surface area contributed by atoms with Gasteiger partial charge in [0.1, 0.15) is 5.75 Å². The molecule has 0 fully saturated rings. The highest BCUT2D eigenvalue weighted by atomic mass is 16.5. The molecule has 2 rings (SSSR count). The number of hydrogen-bond acceptors (Lipinski definition) is 3. The first-order chi connectivity index (χ1) is 10.1. The summed E-state index contributed by atoms with van der Waals surface area (Å²) in [6.07, 6.45) is 0.180. The molecule has 2 aromatic carbocycles. The second-order valence-electron chi connectivity index (χ2n) is 4.77. The van der Waals surface area contributed by atoms with E-state index in [4.69, 9.17) is 9.84 Å². The van der Waals surface area contributed by atoms with Crippen LogP contribution in [-0.4, -0.2) is 17.0 Å². The maximum atomic E-state index is 11.9. The van der Waals surface area contributed by atoms with Crippen LogP contribution in [0.25, 0.3) is 0 Å². The van der Waals surface area contributed by atoms with Gasteiger partial charge in [0.2, 0.25) is 0 Å². The second-order valence-corrected chi connectivity index (χ2v) is 4.77. The van der Waals surface area contributed by atoms with Crippen molar-refractivity contribution in [3.05, 3.63) is 65.7 Å². The highest BCUT2D eigenvalue weighted by Gasteiger charge is 2.15. The Bertz CT molecular complexity index is 634. The number of carboxylic acids is 1. The minimum Gasteiger partial charge on any atom is -0.481 e. The highest BCUT2D eigenvalue weighted by molar-refractivity contribution is 5.77. The van der Waals surface area contributed by atoms with E-state index in [0.717, 1.165) is 5.56 Å². The fraction of sp³-hybridized carbons (Fsp3) is 0.176. The van der Waals surface area contributed by atoms with Crippen LogP contribution >= 0.6 is 0 Å². The molecule has 1 N–H and O–H groups in total. The zero-order valence-corrected chi connectivity index (χ0v) is 11.7. The van der Waals surface area contributed by atoms with E-state index in [2.05, 4.69) is 0 Å². The Hall–Kier alpha value is -2.62. The maximum absolute atomic E-state index is 11.9. The Morgan fingerprint density at radius 3 is 2.48 bits per heavy atom. The van der Waals surface area contributed by atoms with Crippen LogP contribution < -0.4 is 4.74 Å². The van der Waals surface area contributed by atoms with Gasteiger partial charge in [-0.25, -0.2) is 0 Å². The van der Waals surface area contributed by atoms with Crippen molar-refractivity contribution in [2.75, 3.05) is 0 Å². The molecule has 0 aromatic heterocycles. The summed E-state index contributed by atoms with van der Waals surface area (Å²) in [6.45, 7) is 1.59. The molecule has 0 aliphatic heterocycles. The van der Waals surface area contributed by atoms with Crippen molar-refractivity contribution in [2.24, 2.45) is 0 Å². The Kier molecular flexibility index (Phi) is 4.72. The van der Waals surface area contributed by atoms with Crippen molar-refractivity contribution in [3.63, 3.8) is 0 Å². The lowest BCUT2D eigenvalue weighted by Crippen LogP contribution is -2.12. The SMILES string of the molecule is CC(C(=O)O)c1cccc(OC(=O)Cc2ccccc2)c1. The van der Waals surface area contributed by atoms with Crippen molar-refractivity contribution in [3.8, 4) is 5.75 Å². The standard InChI is InChI=1S/C17H16O4/c1-12(17(19)20)14-8-5-9-15(11-14)21-16(18)10-13-6-3-2-4-7-13/h2-9,11-12H,10H2,1H3,(H,19,20). The van der Waals surface area contributed by atoms with Gasteiger partial charge >= 0.3 is 11.9 Å². The van der Waals surface area contributed by atoms with Gasteiger partial charge in [-0.15, -0.1) is 0 Å². The van der Waals surface area contributed by atoms with E-state index in [9.17, 15) is 9.59 Å². The number of rotatable bonds is 5. The number of aliphatic carboxylic acids is 1. The summed E-state index contributed by atoms with van der Waals surface area (Å²) >= 11 is 0. The normalized spacial score (nSPS) is 11.7. The largest absolute Gasteiger partial charge is 0.481 e. The monoisotopic (exact) mass is 284 g/mol. The molecular weight excluding hydrogens is 268 g/mol. The van der Waals surface area contributed by atoms with Gasteiger partial charge in [-0.2, -0.15) is 0 Å². The molecule has 4 heteroatoms. The summed E-state index contributed by atoms with van der Waals surface area (Å²) in [7, 11) is 0. The lowest BCUT2D eigenvalue weighted by atomic mass is 10.0. The summed E-state index contributed by atoms with van der Waals surface area (Å²) in [5, 5.41) is 9.00. The van der Waals surface area contributed by atoms with Crippen LogP contribution in [0.15, 0.2) is 54.6 Å². The number of carbonyl (C=O) groups is 2. The van der Waals surface area contributed by atoms with E-state index >= 15 is 0 Å². The third-order valence-corrected chi connectivity index (χ3v) is 3.15. The molecule has 21 heavy (non-hydrogen) atoms. The van der Waals surface area contributed by atoms with Crippen molar-refractivity contribution >= 4 is 11.9 Å². The van der Waals surface area contributed by atoms with E-state index < -0.39 is 11.9 Å². The Morgan fingerprint density at radius 1 is 1.10 bits per heavy atom. The second kappa shape index (κ2) is 6.70. The molecule has 0 radical (unpaired) electrons. The van der Waals surface area contributed by atoms with Crippen LogP contribution in [0.2, 0.25) is 0 Å². The average molecular weight is 284 g/mol. The van der Waals surface area contributed by atoms with E-state index in [0.29, 0.717) is 11.3 Å². The fourth-order valence-electron chi connectivity index (χ4n) is 1.92. The van der Waals surface area contributed by atoms with Crippen LogP contribution in [-0.2, 0) is 16.0 Å². The van der Waals surface area contributed by atoms with Crippen molar-refractivity contribution in [1.82, 2.24) is 0 Å². The highest BCUT2D eigenvalue weighted by Crippen LogP contribution is 2.21. The number of carboxylic acid groups (broad SMARTS) is 1. The lowest BCUT2D eigenvalue weighted by Gasteiger charge is -2.09. The minimum atomic E-state index is -0.914. The van der Waals surface area contributed by atoms with E-state index in [1.807, 2.05) is 30.3 Å². The zero-order valence-electron chi connectivity index (χ0n) is 11.7. The van der Waals surface area contributed by atoms with Crippen molar-refractivity contribution in [1.29, 1.82) is 0 Å². The van der Waals surface area contributed by atoms with Gasteiger partial charge in [0.05, 0.1) is 12.3 Å². The number of esters is 1. The minimum absolute atomic E-state index is 0.180. The van der Waals surface area contributed by atoms with Crippen molar-refractivity contribution < 1.29 is 19.4 Å². The maximum Gasteiger partial charge on any atom is 0.315 e. The van der Waals surface area contributed by atoms with Gasteiger partial charge < -0.3 is 9.84 Å². The molecule has 4 nitrogen and oxygen atoms in total. The molecule has 0 saturated carbocycles. The summed E-state index contributed by atoms with van der Waals surface area (Å²) < 4.78 is 5.26. The summed E-state index contributed by atoms with van der Waals surface area (Å²) in [4.78, 5) is 22.8. The smallest absolute Gasteiger partial charge is 0.315 e. The first kappa shape index (κ1) is 14.8. The fourth-order valence-corrected chi connectivity index (χ4v) is 1.92. The summed E-state index contributed by atoms with van der Waals surface area (Å²) in [6, 6.07) is 15.9. The van der Waals surface area contributed by atoms with Crippen LogP contribution in [0.4, 0.5) is 0 Å². The first-order valence-electron chi connectivity index (χ1n) is 6.63. The predicted molar refractivity (Wildman–Crippen MR) is 78.3 cm³/mol. The third kappa shape index (κ3) is 4.18. The van der Waals surface area contributed by atoms with Crippen molar-refractivity contribution in [2.45, 2.75) is 19.3 Å². The molecule has 0 aliphatic rings. The molecule has 1 atom stereocenters. The molecular formula is C17H16O4. The molecule has 2 aromatic rings. The summed E-state index contributed by atoms with van der Waals surface area (Å²) in [5.41, 5.74) is 1.48. The molecule has 0 heterocycles. The van der Waals surface area contributed by atoms with Gasteiger partial charge in [-0.1, -0.05) is 42.5 Å². The third-order valence-electron chi connectivity index (χ3n) is 3.15. The molecule has 0 spiro atoms. The molecule has 1 unspecified atom stereocenters. The van der Waals surface area contributed by atoms with E-state index in [-0.39, 0.29) is 12.4 Å². The van der Waals surface area contributed by atoms with Crippen LogP contribution in [0.5, 0.6) is 5.75 Å². The van der Waals surface area contributed by atoms with Gasteiger partial charge in [0, 0.05) is 0 Å². The van der Waals surface area contributed by atoms with Gasteiger partial charge in [0.25, 0.3) is 0 Å². The van der Waals surface area contributed by atoms with Gasteiger partial charge in [0.15, 0.2) is 0 Å². The Morgan fingerprint density at radius 2 is 1.81 bits per heavy atom. The topological polar surface area (TPSA) is 63.6 Å². The molecule has 108 valence electrons. The number of hydrogen-bond donors (Lipinski definition) is 1. The zero-order chi connectivity index (χ0) is 15.2. The Labute approximate surface area is 123 Å². The number of benzene rings is 2. The predicted octanol–water partition coefficient (Wildman–Crippen LogP) is 3.02. The van der Waals surface area contributed by atoms with Crippen LogP contribution in [0.3, 0.4) is 0 Å². The van der Waals surface area contributed by atoms with Gasteiger partial charge in [-0.05, 0) is 30.2 Å². The molecule has 0 amide bonds. The van der Waals surface area contributed by atoms with E-state index in [1.165, 1.54) is 0 Å². The number of ether oxygens (including phenoxy) is 1. The first-order valence-corrected chi connectivity index (χ1v) is 6.63. The van der Waals surface area contributed by atoms with Gasteiger partial charge in [-0.3, -0.25) is 9.59 Å². The van der Waals surface area contributed by atoms with E-state index in [1.54, 1.807) is 31.2 Å². The molecule has 0 aliphatic carbocycles. The van der Waals surface area contributed by atoms with Crippen LogP contribution in [0.1, 0.15) is 24.0 Å². The van der Waals surface area contributed by atoms with Crippen LogP contribution in [0, 0.1) is 0 Å². The quantitative estimate of drug-likeness (QED) is 0.677. The summed E-state index contributed by atoms with van der Waals surface area (Å²) in [5.74, 6) is -1.57. The number of carbonyl (C=O) groups excluding carboxylic acids is 1. The molecule has 0 bridgehead atoms. The molecule has 0 saturated heterocycles.